The average molecular weight is 464 g/mol. The molecular weight excluding hydrogens is 437 g/mol. The van der Waals surface area contributed by atoms with Gasteiger partial charge in [-0.1, -0.05) is 0 Å². The molecular formula is C24H26FN7O2. The monoisotopic (exact) mass is 463 g/mol. The standard InChI is InChI=1S/C24H26FN7O2/c1-15-14-34-10-9-31(15)22-12-18(19(13-26)24(29-22)28-21-6-7-27-30-21)17-5-4-16(11-20(17)25)32-8-2-3-23(32)33/h4-7,11-13,15,26H,2-3,8-10,14H2,1H3,(H2,27,28,29,30)/t15-/m1/s1. The van der Waals surface area contributed by atoms with Gasteiger partial charge in [-0.05, 0) is 37.6 Å². The molecule has 1 aromatic carbocycles. The van der Waals surface area contributed by atoms with Crippen molar-refractivity contribution in [2.24, 2.45) is 0 Å². The number of pyridine rings is 1. The van der Waals surface area contributed by atoms with Crippen LogP contribution in [0.5, 0.6) is 0 Å². The molecule has 2 aliphatic heterocycles. The zero-order valence-corrected chi connectivity index (χ0v) is 18.8. The summed E-state index contributed by atoms with van der Waals surface area (Å²) < 4.78 is 21.1. The molecule has 0 bridgehead atoms. The highest BCUT2D eigenvalue weighted by molar-refractivity contribution is 5.98. The highest BCUT2D eigenvalue weighted by Crippen LogP contribution is 2.36. The third kappa shape index (κ3) is 4.12. The smallest absolute Gasteiger partial charge is 0.227 e. The number of aromatic nitrogens is 3. The Morgan fingerprint density at radius 1 is 1.26 bits per heavy atom. The second-order valence-electron chi connectivity index (χ2n) is 8.46. The minimum absolute atomic E-state index is 0.00544. The van der Waals surface area contributed by atoms with Gasteiger partial charge >= 0.3 is 0 Å². The highest BCUT2D eigenvalue weighted by atomic mass is 19.1. The van der Waals surface area contributed by atoms with Gasteiger partial charge in [0, 0.05) is 54.2 Å². The number of aromatic amines is 1. The number of morpholine rings is 1. The summed E-state index contributed by atoms with van der Waals surface area (Å²) in [5, 5.41) is 18.1. The molecule has 2 saturated heterocycles. The zero-order chi connectivity index (χ0) is 23.7. The Labute approximate surface area is 196 Å². The molecule has 0 aliphatic carbocycles. The first kappa shape index (κ1) is 22.0. The molecule has 10 heteroatoms. The van der Waals surface area contributed by atoms with E-state index in [9.17, 15) is 4.79 Å². The average Bonchev–Trinajstić information content (AvgIpc) is 3.50. The summed E-state index contributed by atoms with van der Waals surface area (Å²) in [6.07, 6.45) is 4.04. The number of carbonyl (C=O) groups excluding carboxylic acids is 1. The number of nitrogens with zero attached hydrogens (tertiary/aromatic N) is 4. The minimum atomic E-state index is -0.458. The van der Waals surface area contributed by atoms with E-state index < -0.39 is 5.82 Å². The van der Waals surface area contributed by atoms with Gasteiger partial charge < -0.3 is 25.3 Å². The fourth-order valence-corrected chi connectivity index (χ4v) is 4.48. The van der Waals surface area contributed by atoms with Gasteiger partial charge in [0.15, 0.2) is 0 Å². The van der Waals surface area contributed by atoms with E-state index in [1.165, 1.54) is 12.3 Å². The van der Waals surface area contributed by atoms with Crippen molar-refractivity contribution >= 4 is 35.3 Å². The Kier molecular flexibility index (Phi) is 5.97. The fourth-order valence-electron chi connectivity index (χ4n) is 4.48. The van der Waals surface area contributed by atoms with Crippen LogP contribution in [0.3, 0.4) is 0 Å². The molecule has 4 heterocycles. The van der Waals surface area contributed by atoms with Gasteiger partial charge in [-0.2, -0.15) is 5.10 Å². The van der Waals surface area contributed by atoms with Gasteiger partial charge in [-0.3, -0.25) is 9.89 Å². The topological polar surface area (TPSA) is 110 Å². The number of ether oxygens (including phenoxy) is 1. The van der Waals surface area contributed by atoms with Crippen LogP contribution in [0.15, 0.2) is 36.5 Å². The van der Waals surface area contributed by atoms with Crippen LogP contribution >= 0.6 is 0 Å². The number of nitrogens with one attached hydrogen (secondary N) is 3. The number of H-pyrrole nitrogens is 1. The van der Waals surface area contributed by atoms with E-state index in [-0.39, 0.29) is 11.9 Å². The Hall–Kier alpha value is -3.79. The van der Waals surface area contributed by atoms with E-state index >= 15 is 4.39 Å². The lowest BCUT2D eigenvalue weighted by Gasteiger charge is -2.35. The van der Waals surface area contributed by atoms with Gasteiger partial charge in [-0.15, -0.1) is 0 Å². The van der Waals surface area contributed by atoms with Crippen molar-refractivity contribution in [3.05, 3.63) is 47.9 Å². The maximum atomic E-state index is 15.5. The van der Waals surface area contributed by atoms with Crippen LogP contribution < -0.4 is 15.1 Å². The van der Waals surface area contributed by atoms with Crippen molar-refractivity contribution in [2.45, 2.75) is 25.8 Å². The van der Waals surface area contributed by atoms with Crippen molar-refractivity contribution < 1.29 is 13.9 Å². The Balaban J connectivity index is 1.62. The van der Waals surface area contributed by atoms with E-state index in [2.05, 4.69) is 27.3 Å². The third-order valence-electron chi connectivity index (χ3n) is 6.23. The van der Waals surface area contributed by atoms with Gasteiger partial charge in [0.25, 0.3) is 0 Å². The number of amides is 1. The molecule has 176 valence electrons. The molecule has 1 amide bonds. The molecule has 2 aromatic heterocycles. The van der Waals surface area contributed by atoms with Crippen molar-refractivity contribution in [2.75, 3.05) is 41.4 Å². The summed E-state index contributed by atoms with van der Waals surface area (Å²) >= 11 is 0. The molecule has 9 nitrogen and oxygen atoms in total. The predicted octanol–water partition coefficient (Wildman–Crippen LogP) is 3.70. The summed E-state index contributed by atoms with van der Waals surface area (Å²) in [6, 6.07) is 8.49. The lowest BCUT2D eigenvalue weighted by molar-refractivity contribution is -0.117. The van der Waals surface area contributed by atoms with Crippen LogP contribution in [-0.4, -0.2) is 59.6 Å². The third-order valence-corrected chi connectivity index (χ3v) is 6.23. The van der Waals surface area contributed by atoms with E-state index in [4.69, 9.17) is 15.1 Å². The molecule has 0 spiro atoms. The van der Waals surface area contributed by atoms with Crippen molar-refractivity contribution in [1.82, 2.24) is 15.2 Å². The van der Waals surface area contributed by atoms with E-state index in [0.29, 0.717) is 72.6 Å². The molecule has 2 fully saturated rings. The van der Waals surface area contributed by atoms with Gasteiger partial charge in [0.1, 0.15) is 23.3 Å². The summed E-state index contributed by atoms with van der Waals surface area (Å²) in [5.41, 5.74) is 1.87. The van der Waals surface area contributed by atoms with Crippen LogP contribution in [0, 0.1) is 11.2 Å². The molecule has 1 atom stereocenters. The van der Waals surface area contributed by atoms with E-state index in [0.717, 1.165) is 6.42 Å². The summed E-state index contributed by atoms with van der Waals surface area (Å²) in [4.78, 5) is 20.6. The molecule has 34 heavy (non-hydrogen) atoms. The van der Waals surface area contributed by atoms with Gasteiger partial charge in [0.05, 0.1) is 25.5 Å². The Morgan fingerprint density at radius 3 is 2.82 bits per heavy atom. The first-order valence-corrected chi connectivity index (χ1v) is 11.3. The number of rotatable bonds is 6. The van der Waals surface area contributed by atoms with E-state index in [1.54, 1.807) is 29.3 Å². The maximum absolute atomic E-state index is 15.5. The Morgan fingerprint density at radius 2 is 2.15 bits per heavy atom. The quantitative estimate of drug-likeness (QED) is 0.481. The highest BCUT2D eigenvalue weighted by Gasteiger charge is 2.26. The molecule has 0 saturated carbocycles. The molecule has 0 unspecified atom stereocenters. The number of hydrogen-bond acceptors (Lipinski definition) is 7. The number of halogens is 1. The molecule has 2 aliphatic rings. The second-order valence-corrected chi connectivity index (χ2v) is 8.46. The van der Waals surface area contributed by atoms with Crippen LogP contribution in [-0.2, 0) is 9.53 Å². The lowest BCUT2D eigenvalue weighted by Crippen LogP contribution is -2.44. The lowest BCUT2D eigenvalue weighted by atomic mass is 9.99. The van der Waals surface area contributed by atoms with Crippen LogP contribution in [0.25, 0.3) is 11.1 Å². The predicted molar refractivity (Wildman–Crippen MR) is 129 cm³/mol. The van der Waals surface area contributed by atoms with Crippen molar-refractivity contribution in [1.29, 1.82) is 5.41 Å². The fraction of sp³-hybridized carbons (Fsp3) is 0.333. The normalized spacial score (nSPS) is 18.4. The second kappa shape index (κ2) is 9.22. The molecule has 0 radical (unpaired) electrons. The first-order chi connectivity index (χ1) is 16.5. The van der Waals surface area contributed by atoms with Crippen LogP contribution in [0.1, 0.15) is 25.3 Å². The SMILES string of the molecule is C[C@@H]1COCCN1c1cc(-c2ccc(N3CCCC3=O)cc2F)c(C=N)c(Nc2ccn[nH]2)n1. The minimum Gasteiger partial charge on any atom is -0.377 e. The number of anilines is 4. The van der Waals surface area contributed by atoms with Crippen molar-refractivity contribution in [3.8, 4) is 11.1 Å². The number of hydrogen-bond donors (Lipinski definition) is 3. The summed E-state index contributed by atoms with van der Waals surface area (Å²) in [5.74, 6) is 1.24. The van der Waals surface area contributed by atoms with Gasteiger partial charge in [-0.25, -0.2) is 9.37 Å². The first-order valence-electron chi connectivity index (χ1n) is 11.3. The zero-order valence-electron chi connectivity index (χ0n) is 18.8. The maximum Gasteiger partial charge on any atom is 0.227 e. The van der Waals surface area contributed by atoms with Crippen LogP contribution in [0.2, 0.25) is 0 Å². The molecule has 3 N–H and O–H groups in total. The largest absolute Gasteiger partial charge is 0.377 e. The van der Waals surface area contributed by atoms with Crippen LogP contribution in [0.4, 0.5) is 27.5 Å². The van der Waals surface area contributed by atoms with E-state index in [1.807, 2.05) is 6.07 Å². The number of carbonyl (C=O) groups is 1. The molecule has 3 aromatic rings. The van der Waals surface area contributed by atoms with Crippen molar-refractivity contribution in [3.63, 3.8) is 0 Å². The Bertz CT molecular complexity index is 1210. The molecule has 5 rings (SSSR count). The summed E-state index contributed by atoms with van der Waals surface area (Å²) in [6.45, 7) is 4.44. The number of benzene rings is 1. The summed E-state index contributed by atoms with van der Waals surface area (Å²) in [7, 11) is 0. The van der Waals surface area contributed by atoms with Gasteiger partial charge in [0.2, 0.25) is 5.91 Å².